The number of nitrogens with one attached hydrogen (secondary N) is 2. The van der Waals surface area contributed by atoms with Gasteiger partial charge in [0.25, 0.3) is 0 Å². The Kier molecular flexibility index (Phi) is 5.32. The van der Waals surface area contributed by atoms with Gasteiger partial charge in [-0.05, 0) is 38.7 Å². The van der Waals surface area contributed by atoms with Crippen molar-refractivity contribution in [2.24, 2.45) is 0 Å². The molecule has 0 aliphatic heterocycles. The molecule has 0 heterocycles. The van der Waals surface area contributed by atoms with Gasteiger partial charge in [0.05, 0.1) is 5.69 Å². The van der Waals surface area contributed by atoms with Gasteiger partial charge in [0.15, 0.2) is 0 Å². The van der Waals surface area contributed by atoms with E-state index in [2.05, 4.69) is 10.6 Å². The van der Waals surface area contributed by atoms with E-state index in [0.29, 0.717) is 13.1 Å². The van der Waals surface area contributed by atoms with Crippen LogP contribution in [-0.4, -0.2) is 49.0 Å². The van der Waals surface area contributed by atoms with Crippen LogP contribution in [0.1, 0.15) is 5.56 Å². The zero-order valence-electron chi connectivity index (χ0n) is 11.4. The van der Waals surface area contributed by atoms with E-state index in [9.17, 15) is 14.7 Å². The Morgan fingerprint density at radius 1 is 1.26 bits per heavy atom. The molecule has 0 bridgehead atoms. The maximum atomic E-state index is 11.6. The van der Waals surface area contributed by atoms with Crippen LogP contribution in [0.4, 0.5) is 5.69 Å². The normalized spacial score (nSPS) is 10.3. The first-order valence-electron chi connectivity index (χ1n) is 5.93. The summed E-state index contributed by atoms with van der Waals surface area (Å²) in [5.41, 5.74) is 1.09. The van der Waals surface area contributed by atoms with Gasteiger partial charge in [0, 0.05) is 13.1 Å². The summed E-state index contributed by atoms with van der Waals surface area (Å²) in [5, 5.41) is 14.5. The second kappa shape index (κ2) is 6.75. The number of hydrogen-bond donors (Lipinski definition) is 3. The second-order valence-corrected chi connectivity index (χ2v) is 4.53. The lowest BCUT2D eigenvalue weighted by atomic mass is 10.2. The van der Waals surface area contributed by atoms with E-state index in [-0.39, 0.29) is 11.4 Å². The number of phenols is 1. The number of rotatable bonds is 4. The quantitative estimate of drug-likeness (QED) is 0.541. The molecule has 0 radical (unpaired) electrons. The molecule has 1 rings (SSSR count). The number of anilines is 1. The van der Waals surface area contributed by atoms with Crippen molar-refractivity contribution in [1.82, 2.24) is 10.2 Å². The third-order valence-electron chi connectivity index (χ3n) is 2.45. The predicted molar refractivity (Wildman–Crippen MR) is 73.0 cm³/mol. The predicted octanol–water partition coefficient (Wildman–Crippen LogP) is 0.317. The minimum absolute atomic E-state index is 0.0607. The highest BCUT2D eigenvalue weighted by Crippen LogP contribution is 2.23. The number of aryl methyl sites for hydroxylation is 1. The van der Waals surface area contributed by atoms with Crippen molar-refractivity contribution < 1.29 is 14.7 Å². The van der Waals surface area contributed by atoms with Crippen LogP contribution in [-0.2, 0) is 9.59 Å². The molecule has 104 valence electrons. The van der Waals surface area contributed by atoms with Crippen LogP contribution >= 0.6 is 0 Å². The van der Waals surface area contributed by atoms with E-state index < -0.39 is 11.8 Å². The minimum Gasteiger partial charge on any atom is -0.506 e. The Morgan fingerprint density at radius 2 is 1.95 bits per heavy atom. The summed E-state index contributed by atoms with van der Waals surface area (Å²) in [6, 6.07) is 4.80. The highest BCUT2D eigenvalue weighted by molar-refractivity contribution is 6.39. The van der Waals surface area contributed by atoms with Gasteiger partial charge in [0.2, 0.25) is 0 Å². The number of nitrogens with zero attached hydrogens (tertiary/aromatic N) is 1. The van der Waals surface area contributed by atoms with Gasteiger partial charge >= 0.3 is 11.8 Å². The minimum atomic E-state index is -0.794. The van der Waals surface area contributed by atoms with Crippen molar-refractivity contribution in [3.8, 4) is 5.75 Å². The molecule has 0 saturated heterocycles. The zero-order valence-corrected chi connectivity index (χ0v) is 11.4. The molecule has 0 aromatic heterocycles. The Morgan fingerprint density at radius 3 is 2.53 bits per heavy atom. The molecule has 0 fully saturated rings. The van der Waals surface area contributed by atoms with Crippen LogP contribution in [0.3, 0.4) is 0 Å². The fourth-order valence-corrected chi connectivity index (χ4v) is 1.40. The maximum Gasteiger partial charge on any atom is 0.313 e. The number of likely N-dealkylation sites (N-methyl/N-ethyl adjacent to an activating group) is 1. The lowest BCUT2D eigenvalue weighted by Gasteiger charge is -2.11. The standard InChI is InChI=1S/C13H19N3O3/c1-9-4-5-10(11(17)8-9)15-13(19)12(18)14-6-7-16(2)3/h4-5,8,17H,6-7H2,1-3H3,(H,14,18)(H,15,19). The van der Waals surface area contributed by atoms with Crippen molar-refractivity contribution in [3.05, 3.63) is 23.8 Å². The molecule has 0 unspecified atom stereocenters. The molecule has 0 aliphatic rings. The molecule has 0 atom stereocenters. The first kappa shape index (κ1) is 15.0. The highest BCUT2D eigenvalue weighted by Gasteiger charge is 2.14. The Balaban J connectivity index is 2.52. The maximum absolute atomic E-state index is 11.6. The lowest BCUT2D eigenvalue weighted by molar-refractivity contribution is -0.136. The fraction of sp³-hybridized carbons (Fsp3) is 0.385. The Bertz CT molecular complexity index is 472. The summed E-state index contributed by atoms with van der Waals surface area (Å²) in [7, 11) is 3.74. The summed E-state index contributed by atoms with van der Waals surface area (Å²) < 4.78 is 0. The summed E-state index contributed by atoms with van der Waals surface area (Å²) in [4.78, 5) is 25.0. The summed E-state index contributed by atoms with van der Waals surface area (Å²) >= 11 is 0. The number of carbonyl (C=O) groups is 2. The number of hydrogen-bond acceptors (Lipinski definition) is 4. The molecule has 0 aliphatic carbocycles. The number of carbonyl (C=O) groups excluding carboxylic acids is 2. The summed E-state index contributed by atoms with van der Waals surface area (Å²) in [6.07, 6.45) is 0. The number of aromatic hydroxyl groups is 1. The molecule has 6 nitrogen and oxygen atoms in total. The molecule has 1 aromatic rings. The molecule has 19 heavy (non-hydrogen) atoms. The van der Waals surface area contributed by atoms with Gasteiger partial charge < -0.3 is 20.6 Å². The van der Waals surface area contributed by atoms with Crippen molar-refractivity contribution in [3.63, 3.8) is 0 Å². The first-order chi connectivity index (χ1) is 8.90. The molecule has 3 N–H and O–H groups in total. The molecule has 2 amide bonds. The number of phenolic OH excluding ortho intramolecular Hbond substituents is 1. The van der Waals surface area contributed by atoms with Crippen LogP contribution in [0.2, 0.25) is 0 Å². The Labute approximate surface area is 112 Å². The summed E-state index contributed by atoms with van der Waals surface area (Å²) in [6.45, 7) is 2.85. The highest BCUT2D eigenvalue weighted by atomic mass is 16.3. The van der Waals surface area contributed by atoms with Gasteiger partial charge in [-0.3, -0.25) is 9.59 Å². The van der Waals surface area contributed by atoms with Gasteiger partial charge in [-0.1, -0.05) is 6.07 Å². The average molecular weight is 265 g/mol. The van der Waals surface area contributed by atoms with E-state index in [1.165, 1.54) is 6.07 Å². The van der Waals surface area contributed by atoms with Crippen LogP contribution in [0, 0.1) is 6.92 Å². The number of amides is 2. The average Bonchev–Trinajstić information content (AvgIpc) is 2.32. The van der Waals surface area contributed by atoms with E-state index in [4.69, 9.17) is 0 Å². The van der Waals surface area contributed by atoms with Gasteiger partial charge in [0.1, 0.15) is 5.75 Å². The van der Waals surface area contributed by atoms with E-state index in [1.54, 1.807) is 12.1 Å². The van der Waals surface area contributed by atoms with Gasteiger partial charge in [-0.25, -0.2) is 0 Å². The van der Waals surface area contributed by atoms with E-state index >= 15 is 0 Å². The van der Waals surface area contributed by atoms with Crippen LogP contribution in [0.5, 0.6) is 5.75 Å². The smallest absolute Gasteiger partial charge is 0.313 e. The fourth-order valence-electron chi connectivity index (χ4n) is 1.40. The SMILES string of the molecule is Cc1ccc(NC(=O)C(=O)NCCN(C)C)c(O)c1. The molecular weight excluding hydrogens is 246 g/mol. The van der Waals surface area contributed by atoms with Gasteiger partial charge in [-0.15, -0.1) is 0 Å². The van der Waals surface area contributed by atoms with Crippen molar-refractivity contribution >= 4 is 17.5 Å². The molecule has 6 heteroatoms. The third-order valence-corrected chi connectivity index (χ3v) is 2.45. The molecule has 0 saturated carbocycles. The second-order valence-electron chi connectivity index (χ2n) is 4.53. The topological polar surface area (TPSA) is 81.7 Å². The number of benzene rings is 1. The Hall–Kier alpha value is -2.08. The van der Waals surface area contributed by atoms with Crippen LogP contribution < -0.4 is 10.6 Å². The third kappa shape index (κ3) is 4.97. The van der Waals surface area contributed by atoms with E-state index in [1.807, 2.05) is 25.9 Å². The van der Waals surface area contributed by atoms with E-state index in [0.717, 1.165) is 5.56 Å². The van der Waals surface area contributed by atoms with Crippen molar-refractivity contribution in [2.45, 2.75) is 6.92 Å². The van der Waals surface area contributed by atoms with Crippen molar-refractivity contribution in [1.29, 1.82) is 0 Å². The monoisotopic (exact) mass is 265 g/mol. The molecular formula is C13H19N3O3. The first-order valence-corrected chi connectivity index (χ1v) is 5.93. The molecule has 1 aromatic carbocycles. The van der Waals surface area contributed by atoms with Crippen LogP contribution in [0.25, 0.3) is 0 Å². The molecule has 0 spiro atoms. The van der Waals surface area contributed by atoms with Crippen molar-refractivity contribution in [2.75, 3.05) is 32.5 Å². The lowest BCUT2D eigenvalue weighted by Crippen LogP contribution is -2.38. The zero-order chi connectivity index (χ0) is 14.4. The summed E-state index contributed by atoms with van der Waals surface area (Å²) in [5.74, 6) is -1.57. The largest absolute Gasteiger partial charge is 0.506 e. The van der Waals surface area contributed by atoms with Crippen LogP contribution in [0.15, 0.2) is 18.2 Å². The van der Waals surface area contributed by atoms with Gasteiger partial charge in [-0.2, -0.15) is 0 Å².